The highest BCUT2D eigenvalue weighted by Crippen LogP contribution is 2.13. The molecule has 1 aromatic carbocycles. The quantitative estimate of drug-likeness (QED) is 0.674. The lowest BCUT2D eigenvalue weighted by Gasteiger charge is -2.33. The maximum absolute atomic E-state index is 10.8. The zero-order valence-electron chi connectivity index (χ0n) is 14.7. The van der Waals surface area contributed by atoms with E-state index in [0.717, 1.165) is 0 Å². The third kappa shape index (κ3) is 8.15. The van der Waals surface area contributed by atoms with Gasteiger partial charge in [0.2, 0.25) is 0 Å². The number of benzene rings is 1. The first-order chi connectivity index (χ1) is 10.5. The average molecular weight is 310 g/mol. The molecular weight excluding hydrogens is 278 g/mol. The monoisotopic (exact) mass is 310 g/mol. The Morgan fingerprint density at radius 3 is 1.95 bits per heavy atom. The van der Waals surface area contributed by atoms with Crippen LogP contribution in [0.4, 0.5) is 0 Å². The molecule has 1 heterocycles. The van der Waals surface area contributed by atoms with Crippen LogP contribution in [0.25, 0.3) is 0 Å². The molecule has 1 N–H and O–H groups in total. The van der Waals surface area contributed by atoms with Crippen molar-refractivity contribution in [3.05, 3.63) is 35.9 Å². The van der Waals surface area contributed by atoms with Crippen molar-refractivity contribution in [2.24, 2.45) is 0 Å². The number of ether oxygens (including phenoxy) is 1. The molecule has 1 atom stereocenters. The van der Waals surface area contributed by atoms with Crippen LogP contribution in [-0.4, -0.2) is 49.9 Å². The van der Waals surface area contributed by atoms with Crippen molar-refractivity contribution in [3.63, 3.8) is 0 Å². The van der Waals surface area contributed by atoms with Gasteiger partial charge in [0.15, 0.2) is 6.10 Å². The molecule has 0 saturated carbocycles. The third-order valence-corrected chi connectivity index (χ3v) is 3.57. The SMILES string of the molecule is CC.COC(=O)[C@H](O)c1ccccc1.C[N+]1(C)CCCCC1. The van der Waals surface area contributed by atoms with Gasteiger partial charge in [0.25, 0.3) is 0 Å². The Labute approximate surface area is 135 Å². The first-order valence-corrected chi connectivity index (χ1v) is 8.09. The summed E-state index contributed by atoms with van der Waals surface area (Å²) in [6, 6.07) is 8.65. The first-order valence-electron chi connectivity index (χ1n) is 8.09. The molecule has 0 aromatic heterocycles. The van der Waals surface area contributed by atoms with Gasteiger partial charge in [-0.3, -0.25) is 0 Å². The number of hydrogen-bond donors (Lipinski definition) is 1. The largest absolute Gasteiger partial charge is 0.467 e. The van der Waals surface area contributed by atoms with Gasteiger partial charge in [-0.05, 0) is 24.8 Å². The van der Waals surface area contributed by atoms with Gasteiger partial charge in [-0.2, -0.15) is 0 Å². The van der Waals surface area contributed by atoms with E-state index in [0.29, 0.717) is 5.56 Å². The lowest BCUT2D eigenvalue weighted by molar-refractivity contribution is -0.894. The normalized spacial score (nSPS) is 17.0. The van der Waals surface area contributed by atoms with Crippen molar-refractivity contribution in [2.75, 3.05) is 34.3 Å². The van der Waals surface area contributed by atoms with Crippen LogP contribution in [0.15, 0.2) is 30.3 Å². The fourth-order valence-corrected chi connectivity index (χ4v) is 2.25. The third-order valence-electron chi connectivity index (χ3n) is 3.57. The molecule has 1 fully saturated rings. The molecule has 1 saturated heterocycles. The second kappa shape index (κ2) is 11.2. The van der Waals surface area contributed by atoms with E-state index in [-0.39, 0.29) is 0 Å². The molecular formula is C18H32NO3+. The topological polar surface area (TPSA) is 46.5 Å². The Kier molecular flexibility index (Phi) is 10.5. The molecule has 0 spiro atoms. The predicted octanol–water partition coefficient (Wildman–Crippen LogP) is 3.17. The van der Waals surface area contributed by atoms with E-state index in [4.69, 9.17) is 0 Å². The van der Waals surface area contributed by atoms with Crippen molar-refractivity contribution >= 4 is 5.97 Å². The highest BCUT2D eigenvalue weighted by molar-refractivity contribution is 5.75. The van der Waals surface area contributed by atoms with Crippen molar-refractivity contribution in [3.8, 4) is 0 Å². The van der Waals surface area contributed by atoms with Crippen LogP contribution in [0.1, 0.15) is 44.8 Å². The van der Waals surface area contributed by atoms with Crippen LogP contribution in [0.2, 0.25) is 0 Å². The summed E-state index contributed by atoms with van der Waals surface area (Å²) in [6.45, 7) is 6.78. The minimum absolute atomic E-state index is 0.546. The summed E-state index contributed by atoms with van der Waals surface area (Å²) in [5.74, 6) is -0.638. The van der Waals surface area contributed by atoms with Crippen LogP contribution < -0.4 is 0 Å². The van der Waals surface area contributed by atoms with Gasteiger partial charge in [0, 0.05) is 0 Å². The molecule has 4 nitrogen and oxygen atoms in total. The number of piperidine rings is 1. The van der Waals surface area contributed by atoms with Gasteiger partial charge >= 0.3 is 5.97 Å². The van der Waals surface area contributed by atoms with Crippen LogP contribution in [0, 0.1) is 0 Å². The van der Waals surface area contributed by atoms with Gasteiger partial charge < -0.3 is 14.3 Å². The number of aliphatic hydroxyl groups is 1. The summed E-state index contributed by atoms with van der Waals surface area (Å²) in [6.07, 6.45) is 3.16. The summed E-state index contributed by atoms with van der Waals surface area (Å²) in [5.41, 5.74) is 0.546. The van der Waals surface area contributed by atoms with E-state index in [1.165, 1.54) is 43.9 Å². The van der Waals surface area contributed by atoms with Gasteiger partial charge in [0.1, 0.15) is 0 Å². The number of rotatable bonds is 2. The van der Waals surface area contributed by atoms with Crippen LogP contribution in [0.5, 0.6) is 0 Å². The van der Waals surface area contributed by atoms with E-state index in [1.807, 2.05) is 19.9 Å². The molecule has 2 rings (SSSR count). The van der Waals surface area contributed by atoms with Crippen molar-refractivity contribution in [2.45, 2.75) is 39.2 Å². The Bertz CT molecular complexity index is 396. The Morgan fingerprint density at radius 1 is 1.09 bits per heavy atom. The average Bonchev–Trinajstić information content (AvgIpc) is 2.56. The standard InChI is InChI=1S/C9H10O3.C7H16N.C2H6/c1-12-9(11)8(10)7-5-3-2-4-6-7;1-8(2)6-4-3-5-7-8;1-2/h2-6,8,10H,1H3;3-7H2,1-2H3;1-2H3/q;+1;/t8-;;/m1../s1. The lowest BCUT2D eigenvalue weighted by atomic mass is 10.1. The summed E-state index contributed by atoms with van der Waals surface area (Å²) in [4.78, 5) is 10.8. The molecule has 0 aliphatic carbocycles. The highest BCUT2D eigenvalue weighted by atomic mass is 16.5. The number of likely N-dealkylation sites (tertiary alicyclic amines) is 1. The minimum Gasteiger partial charge on any atom is -0.467 e. The maximum Gasteiger partial charge on any atom is 0.339 e. The predicted molar refractivity (Wildman–Crippen MR) is 90.5 cm³/mol. The van der Waals surface area contributed by atoms with E-state index in [2.05, 4.69) is 18.8 Å². The lowest BCUT2D eigenvalue weighted by Crippen LogP contribution is -2.43. The molecule has 4 heteroatoms. The molecule has 0 amide bonds. The summed E-state index contributed by atoms with van der Waals surface area (Å²) in [5, 5.41) is 9.31. The summed E-state index contributed by atoms with van der Waals surface area (Å²) < 4.78 is 5.63. The number of nitrogens with zero attached hydrogens (tertiary/aromatic N) is 1. The van der Waals surface area contributed by atoms with Crippen molar-refractivity contribution < 1.29 is 19.1 Å². The van der Waals surface area contributed by atoms with E-state index < -0.39 is 12.1 Å². The van der Waals surface area contributed by atoms with Gasteiger partial charge in [-0.25, -0.2) is 4.79 Å². The number of carbonyl (C=O) groups is 1. The number of quaternary nitrogens is 1. The molecule has 126 valence electrons. The highest BCUT2D eigenvalue weighted by Gasteiger charge is 2.17. The molecule has 0 radical (unpaired) electrons. The van der Waals surface area contributed by atoms with Gasteiger partial charge in [0.05, 0.1) is 34.3 Å². The van der Waals surface area contributed by atoms with E-state index in [1.54, 1.807) is 24.3 Å². The smallest absolute Gasteiger partial charge is 0.339 e. The first kappa shape index (κ1) is 20.6. The van der Waals surface area contributed by atoms with Crippen LogP contribution in [0.3, 0.4) is 0 Å². The molecule has 1 aromatic rings. The molecule has 1 aliphatic rings. The zero-order valence-corrected chi connectivity index (χ0v) is 14.7. The van der Waals surface area contributed by atoms with Crippen LogP contribution in [-0.2, 0) is 9.53 Å². The number of methoxy groups -OCH3 is 1. The Balaban J connectivity index is 0.000000382. The minimum atomic E-state index is -1.17. The second-order valence-electron chi connectivity index (χ2n) is 5.78. The van der Waals surface area contributed by atoms with E-state index >= 15 is 0 Å². The number of hydrogen-bond acceptors (Lipinski definition) is 3. The van der Waals surface area contributed by atoms with Gasteiger partial charge in [-0.15, -0.1) is 0 Å². The maximum atomic E-state index is 10.8. The van der Waals surface area contributed by atoms with Crippen molar-refractivity contribution in [1.29, 1.82) is 0 Å². The molecule has 0 bridgehead atoms. The Hall–Kier alpha value is -1.39. The Morgan fingerprint density at radius 2 is 1.59 bits per heavy atom. The van der Waals surface area contributed by atoms with E-state index in [9.17, 15) is 9.90 Å². The summed E-state index contributed by atoms with van der Waals surface area (Å²) >= 11 is 0. The molecule has 22 heavy (non-hydrogen) atoms. The van der Waals surface area contributed by atoms with Crippen LogP contribution >= 0.6 is 0 Å². The fourth-order valence-electron chi connectivity index (χ4n) is 2.25. The zero-order chi connectivity index (χ0) is 17.0. The fraction of sp³-hybridized carbons (Fsp3) is 0.611. The number of aliphatic hydroxyl groups excluding tert-OH is 1. The summed E-state index contributed by atoms with van der Waals surface area (Å²) in [7, 11) is 5.88. The molecule has 1 aliphatic heterocycles. The number of esters is 1. The number of carbonyl (C=O) groups excluding carboxylic acids is 1. The molecule has 0 unspecified atom stereocenters. The van der Waals surface area contributed by atoms with Crippen molar-refractivity contribution in [1.82, 2.24) is 0 Å². The second-order valence-corrected chi connectivity index (χ2v) is 5.78. The van der Waals surface area contributed by atoms with Gasteiger partial charge in [-0.1, -0.05) is 44.2 Å².